The van der Waals surface area contributed by atoms with Crippen LogP contribution < -0.4 is 9.80 Å². The predicted octanol–water partition coefficient (Wildman–Crippen LogP) is 7.61. The Labute approximate surface area is 385 Å². The van der Waals surface area contributed by atoms with E-state index in [4.69, 9.17) is 0 Å². The minimum absolute atomic E-state index is 0.0731. The summed E-state index contributed by atoms with van der Waals surface area (Å²) in [6.45, 7) is 9.69. The van der Waals surface area contributed by atoms with E-state index in [1.54, 1.807) is 95.6 Å². The molecule has 0 amide bonds. The second-order valence-corrected chi connectivity index (χ2v) is 23.5. The monoisotopic (exact) mass is 944 g/mol. The standard InChI is InChI=1S/2C24H28N2O4S2/c2*1-24(2,28)19-7-9-20(10-8-19)26-14-13-25(32(29,30)23-4-3-15-31-23)17-21(26)16-18-5-11-22(27)12-6-18/h2*3-12,15,21,27-28H,13-14,16-17H2,1-2H3/t2*21-/m10/s1. The van der Waals surface area contributed by atoms with Gasteiger partial charge in [-0.25, -0.2) is 16.8 Å². The Morgan fingerprint density at radius 2 is 0.859 bits per heavy atom. The predicted molar refractivity (Wildman–Crippen MR) is 255 cm³/mol. The zero-order valence-electron chi connectivity index (χ0n) is 36.4. The molecule has 12 nitrogen and oxygen atoms in total. The number of aromatic hydroxyl groups is 2. The maximum atomic E-state index is 13.1. The molecule has 340 valence electrons. The van der Waals surface area contributed by atoms with E-state index in [1.807, 2.05) is 72.8 Å². The van der Waals surface area contributed by atoms with Gasteiger partial charge in [0.15, 0.2) is 0 Å². The number of phenols is 2. The van der Waals surface area contributed by atoms with Crippen molar-refractivity contribution in [2.24, 2.45) is 0 Å². The van der Waals surface area contributed by atoms with Gasteiger partial charge in [0.05, 0.1) is 11.2 Å². The van der Waals surface area contributed by atoms with Gasteiger partial charge in [0, 0.05) is 62.7 Å². The van der Waals surface area contributed by atoms with E-state index in [2.05, 4.69) is 9.80 Å². The fraction of sp³-hybridized carbons (Fsp3) is 0.333. The first-order valence-electron chi connectivity index (χ1n) is 21.1. The van der Waals surface area contributed by atoms with Crippen LogP contribution in [-0.4, -0.2) is 97.2 Å². The van der Waals surface area contributed by atoms with Crippen molar-refractivity contribution < 1.29 is 37.3 Å². The van der Waals surface area contributed by atoms with Crippen LogP contribution in [0.3, 0.4) is 0 Å². The van der Waals surface area contributed by atoms with E-state index in [9.17, 15) is 37.3 Å². The van der Waals surface area contributed by atoms with E-state index in [0.29, 0.717) is 60.5 Å². The molecular weight excluding hydrogens is 889 g/mol. The molecule has 4 heterocycles. The molecule has 2 aliphatic heterocycles. The number of phenolic OH excluding ortho intramolecular Hbond substituents is 2. The van der Waals surface area contributed by atoms with E-state index >= 15 is 0 Å². The summed E-state index contributed by atoms with van der Waals surface area (Å²) in [6, 6.07) is 36.4. The average Bonchev–Trinajstić information content (AvgIpc) is 4.03. The number of rotatable bonds is 12. The molecule has 2 saturated heterocycles. The quantitative estimate of drug-likeness (QED) is 0.0962. The third-order valence-corrected chi connectivity index (χ3v) is 18.2. The summed E-state index contributed by atoms with van der Waals surface area (Å²) in [4.78, 5) is 4.48. The van der Waals surface area contributed by atoms with Gasteiger partial charge in [-0.2, -0.15) is 8.61 Å². The molecule has 4 aromatic carbocycles. The fourth-order valence-electron chi connectivity index (χ4n) is 8.12. The van der Waals surface area contributed by atoms with E-state index in [0.717, 1.165) is 33.6 Å². The van der Waals surface area contributed by atoms with E-state index in [1.165, 1.54) is 22.7 Å². The molecule has 0 aliphatic carbocycles. The Bertz CT molecular complexity index is 2460. The van der Waals surface area contributed by atoms with Gasteiger partial charge in [0.1, 0.15) is 19.9 Å². The smallest absolute Gasteiger partial charge is 0.252 e. The highest BCUT2D eigenvalue weighted by atomic mass is 32.3. The summed E-state index contributed by atoms with van der Waals surface area (Å²) < 4.78 is 56.5. The lowest BCUT2D eigenvalue weighted by molar-refractivity contribution is 0.0780. The number of thiophene rings is 2. The fourth-order valence-corrected chi connectivity index (χ4v) is 13.4. The lowest BCUT2D eigenvalue weighted by Gasteiger charge is -2.42. The lowest BCUT2D eigenvalue weighted by Crippen LogP contribution is -2.55. The number of hydrogen-bond donors (Lipinski definition) is 4. The van der Waals surface area contributed by atoms with Crippen LogP contribution in [-0.2, 0) is 44.1 Å². The number of benzene rings is 4. The SMILES string of the molecule is CC(C)(O)c1ccc(N2CCN(S(=O)(=O)c3cccs3)C[C@@H]2Cc2ccc(O)cc2)cc1.CC(C)(O)c1ccc(N2CCN(S(=O)(=O)c3cccs3)C[C@H]2Cc2ccc(O)cc2)cc1. The molecule has 0 saturated carbocycles. The minimum atomic E-state index is -3.53. The van der Waals surface area contributed by atoms with Gasteiger partial charge < -0.3 is 30.2 Å². The van der Waals surface area contributed by atoms with Crippen molar-refractivity contribution in [1.29, 1.82) is 0 Å². The van der Waals surface area contributed by atoms with Crippen molar-refractivity contribution in [3.8, 4) is 11.5 Å². The Kier molecular flexibility index (Phi) is 14.3. The summed E-state index contributed by atoms with van der Waals surface area (Å²) in [6.07, 6.45) is 1.29. The van der Waals surface area contributed by atoms with Crippen molar-refractivity contribution in [3.63, 3.8) is 0 Å². The van der Waals surface area contributed by atoms with Gasteiger partial charge in [0.2, 0.25) is 0 Å². The van der Waals surface area contributed by atoms with Crippen LogP contribution in [0.2, 0.25) is 0 Å². The molecule has 0 radical (unpaired) electrons. The number of piperazine rings is 2. The number of sulfonamides is 2. The van der Waals surface area contributed by atoms with Gasteiger partial charge >= 0.3 is 0 Å². The maximum absolute atomic E-state index is 13.1. The van der Waals surface area contributed by atoms with Crippen LogP contribution in [0.4, 0.5) is 11.4 Å². The van der Waals surface area contributed by atoms with Gasteiger partial charge in [-0.05, 0) is 134 Å². The van der Waals surface area contributed by atoms with Crippen molar-refractivity contribution in [2.45, 2.75) is 72.2 Å². The van der Waals surface area contributed by atoms with Gasteiger partial charge in [0.25, 0.3) is 20.0 Å². The number of aliphatic hydroxyl groups is 2. The molecule has 2 aliphatic rings. The summed E-state index contributed by atoms with van der Waals surface area (Å²) in [7, 11) is -7.06. The first-order valence-corrected chi connectivity index (χ1v) is 25.8. The Morgan fingerprint density at radius 3 is 1.16 bits per heavy atom. The molecule has 16 heteroatoms. The Morgan fingerprint density at radius 1 is 0.516 bits per heavy atom. The molecule has 0 bridgehead atoms. The lowest BCUT2D eigenvalue weighted by atomic mass is 9.97. The van der Waals surface area contributed by atoms with Crippen LogP contribution in [0.15, 0.2) is 141 Å². The second kappa shape index (κ2) is 19.4. The largest absolute Gasteiger partial charge is 0.508 e. The Hall–Kier alpha value is -4.78. The van der Waals surface area contributed by atoms with E-state index in [-0.39, 0.29) is 23.6 Å². The van der Waals surface area contributed by atoms with Crippen molar-refractivity contribution in [2.75, 3.05) is 49.1 Å². The van der Waals surface area contributed by atoms with Crippen LogP contribution in [0, 0.1) is 0 Å². The normalized spacial score (nSPS) is 18.1. The third kappa shape index (κ3) is 11.2. The average molecular weight is 945 g/mol. The summed E-state index contributed by atoms with van der Waals surface area (Å²) in [5.41, 5.74) is 3.87. The zero-order chi connectivity index (χ0) is 45.9. The van der Waals surface area contributed by atoms with Crippen LogP contribution >= 0.6 is 22.7 Å². The van der Waals surface area contributed by atoms with Gasteiger partial charge in [-0.3, -0.25) is 0 Å². The molecule has 2 fully saturated rings. The van der Waals surface area contributed by atoms with Gasteiger partial charge in [-0.1, -0.05) is 60.7 Å². The van der Waals surface area contributed by atoms with E-state index < -0.39 is 31.2 Å². The highest BCUT2D eigenvalue weighted by Gasteiger charge is 2.37. The summed E-state index contributed by atoms with van der Waals surface area (Å²) in [5.74, 6) is 0.414. The minimum Gasteiger partial charge on any atom is -0.508 e. The van der Waals surface area contributed by atoms with Crippen LogP contribution in [0.5, 0.6) is 11.5 Å². The van der Waals surface area contributed by atoms with Crippen molar-refractivity contribution >= 4 is 54.1 Å². The zero-order valence-corrected chi connectivity index (χ0v) is 39.6. The number of nitrogens with zero attached hydrogens (tertiary/aromatic N) is 4. The number of hydrogen-bond acceptors (Lipinski definition) is 12. The molecule has 6 aromatic rings. The summed E-state index contributed by atoms with van der Waals surface area (Å²) in [5, 5.41) is 43.3. The maximum Gasteiger partial charge on any atom is 0.252 e. The molecule has 4 N–H and O–H groups in total. The molecule has 64 heavy (non-hydrogen) atoms. The molecule has 0 unspecified atom stereocenters. The highest BCUT2D eigenvalue weighted by Crippen LogP contribution is 2.32. The molecule has 0 spiro atoms. The first-order chi connectivity index (χ1) is 30.3. The topological polar surface area (TPSA) is 162 Å². The first kappa shape index (κ1) is 47.2. The van der Waals surface area contributed by atoms with Crippen molar-refractivity contribution in [3.05, 3.63) is 154 Å². The molecular formula is C48H56N4O8S4. The summed E-state index contributed by atoms with van der Waals surface area (Å²) >= 11 is 2.47. The van der Waals surface area contributed by atoms with Crippen LogP contribution in [0.25, 0.3) is 0 Å². The van der Waals surface area contributed by atoms with Crippen molar-refractivity contribution in [1.82, 2.24) is 8.61 Å². The Balaban J connectivity index is 0.000000191. The highest BCUT2D eigenvalue weighted by molar-refractivity contribution is 7.91. The number of anilines is 2. The molecule has 2 atom stereocenters. The van der Waals surface area contributed by atoms with Gasteiger partial charge in [-0.15, -0.1) is 22.7 Å². The third-order valence-electron chi connectivity index (χ3n) is 11.7. The molecule has 2 aromatic heterocycles. The second-order valence-electron chi connectivity index (χ2n) is 17.2. The van der Waals surface area contributed by atoms with Crippen LogP contribution in [0.1, 0.15) is 49.9 Å². The molecule has 8 rings (SSSR count).